The summed E-state index contributed by atoms with van der Waals surface area (Å²) in [5, 5.41) is 0. The van der Waals surface area contributed by atoms with Crippen LogP contribution in [0.3, 0.4) is 0 Å². The van der Waals surface area contributed by atoms with Gasteiger partial charge in [0, 0.05) is 7.11 Å². The summed E-state index contributed by atoms with van der Waals surface area (Å²) >= 11 is 0. The highest BCUT2D eigenvalue weighted by molar-refractivity contribution is 5.28. The lowest BCUT2D eigenvalue weighted by Gasteiger charge is -2.22. The van der Waals surface area contributed by atoms with E-state index in [2.05, 4.69) is 45.0 Å². The first kappa shape index (κ1) is 14.6. The summed E-state index contributed by atoms with van der Waals surface area (Å²) in [5.41, 5.74) is 2.96. The molecule has 1 aromatic rings. The number of ether oxygens (including phenoxy) is 1. The third-order valence-electron chi connectivity index (χ3n) is 4.46. The quantitative estimate of drug-likeness (QED) is 0.718. The second-order valence-corrected chi connectivity index (χ2v) is 6.98. The fourth-order valence-corrected chi connectivity index (χ4v) is 3.11. The summed E-state index contributed by atoms with van der Waals surface area (Å²) in [6, 6.07) is 9.03. The van der Waals surface area contributed by atoms with Crippen LogP contribution >= 0.6 is 0 Å². The van der Waals surface area contributed by atoms with Crippen molar-refractivity contribution in [2.45, 2.75) is 64.4 Å². The minimum atomic E-state index is 0.229. The van der Waals surface area contributed by atoms with Gasteiger partial charge in [-0.2, -0.15) is 0 Å². The van der Waals surface area contributed by atoms with Gasteiger partial charge in [-0.25, -0.2) is 0 Å². The molecule has 1 heteroatoms. The van der Waals surface area contributed by atoms with Crippen LogP contribution in [0.1, 0.15) is 70.1 Å². The topological polar surface area (TPSA) is 9.23 Å². The molecule has 1 aliphatic rings. The number of hydrogen-bond acceptors (Lipinski definition) is 1. The van der Waals surface area contributed by atoms with Crippen LogP contribution in [0.2, 0.25) is 0 Å². The van der Waals surface area contributed by atoms with Crippen molar-refractivity contribution in [2.75, 3.05) is 7.11 Å². The molecule has 0 bridgehead atoms. The van der Waals surface area contributed by atoms with Crippen molar-refractivity contribution < 1.29 is 4.74 Å². The van der Waals surface area contributed by atoms with Crippen LogP contribution in [0, 0.1) is 5.92 Å². The first-order chi connectivity index (χ1) is 9.00. The Balaban J connectivity index is 2.05. The molecule has 0 radical (unpaired) electrons. The predicted molar refractivity (Wildman–Crippen MR) is 81.5 cm³/mol. The van der Waals surface area contributed by atoms with E-state index < -0.39 is 0 Å². The highest BCUT2D eigenvalue weighted by Gasteiger charge is 2.21. The zero-order valence-corrected chi connectivity index (χ0v) is 12.9. The standard InChI is InChI=1S/C18H28O/c1-18(2,3)16-11-9-15(10-12-16)17(19-4)13-14-7-5-6-8-14/h9-12,14,17H,5-8,13H2,1-4H3/t17-/m0/s1. The molecule has 0 aromatic heterocycles. The molecule has 0 unspecified atom stereocenters. The van der Waals surface area contributed by atoms with Crippen molar-refractivity contribution in [1.29, 1.82) is 0 Å². The molecule has 0 N–H and O–H groups in total. The van der Waals surface area contributed by atoms with Crippen molar-refractivity contribution in [2.24, 2.45) is 5.92 Å². The van der Waals surface area contributed by atoms with Crippen LogP contribution in [-0.2, 0) is 10.2 Å². The number of rotatable bonds is 4. The van der Waals surface area contributed by atoms with E-state index in [1.165, 1.54) is 43.2 Å². The molecular formula is C18H28O. The van der Waals surface area contributed by atoms with Gasteiger partial charge in [0.2, 0.25) is 0 Å². The first-order valence-corrected chi connectivity index (χ1v) is 7.64. The number of benzene rings is 1. The molecule has 0 heterocycles. The zero-order chi connectivity index (χ0) is 13.9. The average Bonchev–Trinajstić information content (AvgIpc) is 2.88. The molecule has 0 saturated heterocycles. The molecule has 1 saturated carbocycles. The van der Waals surface area contributed by atoms with Crippen LogP contribution in [0.5, 0.6) is 0 Å². The summed E-state index contributed by atoms with van der Waals surface area (Å²) in [5.74, 6) is 0.868. The van der Waals surface area contributed by atoms with Gasteiger partial charge in [0.25, 0.3) is 0 Å². The van der Waals surface area contributed by atoms with Gasteiger partial charge in [-0.1, -0.05) is 70.7 Å². The van der Waals surface area contributed by atoms with Crippen molar-refractivity contribution in [3.05, 3.63) is 35.4 Å². The Bertz CT molecular complexity index is 379. The van der Waals surface area contributed by atoms with E-state index in [0.717, 1.165) is 5.92 Å². The fraction of sp³-hybridized carbons (Fsp3) is 0.667. The Morgan fingerprint density at radius 2 is 1.68 bits per heavy atom. The molecule has 1 fully saturated rings. The minimum absolute atomic E-state index is 0.229. The molecular weight excluding hydrogens is 232 g/mol. The van der Waals surface area contributed by atoms with Gasteiger partial charge in [-0.05, 0) is 28.9 Å². The van der Waals surface area contributed by atoms with Gasteiger partial charge in [0.1, 0.15) is 0 Å². The lowest BCUT2D eigenvalue weighted by atomic mass is 9.86. The molecule has 19 heavy (non-hydrogen) atoms. The van der Waals surface area contributed by atoms with E-state index in [-0.39, 0.29) is 11.5 Å². The van der Waals surface area contributed by atoms with Crippen LogP contribution < -0.4 is 0 Å². The lowest BCUT2D eigenvalue weighted by Crippen LogP contribution is -2.12. The highest BCUT2D eigenvalue weighted by Crippen LogP contribution is 2.35. The summed E-state index contributed by atoms with van der Waals surface area (Å²) < 4.78 is 5.72. The summed E-state index contributed by atoms with van der Waals surface area (Å²) in [4.78, 5) is 0. The Morgan fingerprint density at radius 1 is 1.11 bits per heavy atom. The van der Waals surface area contributed by atoms with E-state index in [1.54, 1.807) is 0 Å². The fourth-order valence-electron chi connectivity index (χ4n) is 3.11. The SMILES string of the molecule is CO[C@@H](CC1CCCC1)c1ccc(C(C)(C)C)cc1. The Kier molecular flexibility index (Phi) is 4.67. The van der Waals surface area contributed by atoms with Gasteiger partial charge in [-0.15, -0.1) is 0 Å². The molecule has 0 amide bonds. The predicted octanol–water partition coefficient (Wildman–Crippen LogP) is 5.25. The van der Waals surface area contributed by atoms with E-state index >= 15 is 0 Å². The van der Waals surface area contributed by atoms with Crippen molar-refractivity contribution in [1.82, 2.24) is 0 Å². The van der Waals surface area contributed by atoms with Gasteiger partial charge in [0.05, 0.1) is 6.10 Å². The molecule has 2 rings (SSSR count). The minimum Gasteiger partial charge on any atom is -0.377 e. The van der Waals surface area contributed by atoms with Crippen molar-refractivity contribution in [3.8, 4) is 0 Å². The van der Waals surface area contributed by atoms with Crippen LogP contribution in [0.15, 0.2) is 24.3 Å². The average molecular weight is 260 g/mol. The molecule has 106 valence electrons. The summed E-state index contributed by atoms with van der Waals surface area (Å²) in [6.45, 7) is 6.77. The van der Waals surface area contributed by atoms with Crippen LogP contribution in [0.4, 0.5) is 0 Å². The molecule has 0 aliphatic heterocycles. The number of methoxy groups -OCH3 is 1. The Hall–Kier alpha value is -0.820. The van der Waals surface area contributed by atoms with Crippen LogP contribution in [-0.4, -0.2) is 7.11 Å². The van der Waals surface area contributed by atoms with Gasteiger partial charge in [0.15, 0.2) is 0 Å². The van der Waals surface area contributed by atoms with E-state index in [1.807, 2.05) is 7.11 Å². The van der Waals surface area contributed by atoms with Gasteiger partial charge in [-0.3, -0.25) is 0 Å². The Morgan fingerprint density at radius 3 is 2.16 bits per heavy atom. The monoisotopic (exact) mass is 260 g/mol. The summed E-state index contributed by atoms with van der Waals surface area (Å²) in [7, 11) is 1.84. The highest BCUT2D eigenvalue weighted by atomic mass is 16.5. The maximum Gasteiger partial charge on any atom is 0.0823 e. The van der Waals surface area contributed by atoms with E-state index in [9.17, 15) is 0 Å². The van der Waals surface area contributed by atoms with Gasteiger partial charge < -0.3 is 4.74 Å². The maximum atomic E-state index is 5.72. The largest absolute Gasteiger partial charge is 0.377 e. The maximum absolute atomic E-state index is 5.72. The molecule has 1 atom stereocenters. The molecule has 1 nitrogen and oxygen atoms in total. The second kappa shape index (κ2) is 6.09. The smallest absolute Gasteiger partial charge is 0.0823 e. The van der Waals surface area contributed by atoms with E-state index in [0.29, 0.717) is 0 Å². The third-order valence-corrected chi connectivity index (χ3v) is 4.46. The van der Waals surface area contributed by atoms with Crippen molar-refractivity contribution in [3.63, 3.8) is 0 Å². The molecule has 0 spiro atoms. The second-order valence-electron chi connectivity index (χ2n) is 6.98. The molecule has 1 aliphatic carbocycles. The lowest BCUT2D eigenvalue weighted by molar-refractivity contribution is 0.0807. The zero-order valence-electron chi connectivity index (χ0n) is 12.9. The first-order valence-electron chi connectivity index (χ1n) is 7.64. The summed E-state index contributed by atoms with van der Waals surface area (Å²) in [6.07, 6.45) is 7.05. The van der Waals surface area contributed by atoms with Crippen LogP contribution in [0.25, 0.3) is 0 Å². The van der Waals surface area contributed by atoms with E-state index in [4.69, 9.17) is 4.74 Å². The van der Waals surface area contributed by atoms with Gasteiger partial charge >= 0.3 is 0 Å². The third kappa shape index (κ3) is 3.82. The number of hydrogen-bond donors (Lipinski definition) is 0. The molecule has 1 aromatic carbocycles. The Labute approximate surface area is 118 Å². The normalized spacial score (nSPS) is 18.7. The van der Waals surface area contributed by atoms with Crippen molar-refractivity contribution >= 4 is 0 Å².